The topological polar surface area (TPSA) is 64.4 Å². The number of nitrogens with two attached hydrogens (primary N) is 1. The lowest BCUT2D eigenvalue weighted by Crippen LogP contribution is -2.19. The second-order valence-electron chi connectivity index (χ2n) is 4.21. The Morgan fingerprint density at radius 2 is 2.05 bits per heavy atom. The molecule has 0 saturated carbocycles. The van der Waals surface area contributed by atoms with Gasteiger partial charge >= 0.3 is 0 Å². The summed E-state index contributed by atoms with van der Waals surface area (Å²) in [4.78, 5) is 11.7. The first-order valence-electron chi connectivity index (χ1n) is 6.09. The Hall–Kier alpha value is -2.56. The number of carbonyl (C=O) groups is 1. The lowest BCUT2D eigenvalue weighted by atomic mass is 10.1. The third-order valence-corrected chi connectivity index (χ3v) is 2.82. The number of hydrogen-bond acceptors (Lipinski definition) is 3. The van der Waals surface area contributed by atoms with Crippen LogP contribution in [0.2, 0.25) is 0 Å². The molecule has 104 valence electrons. The maximum absolute atomic E-state index is 13.5. The second kappa shape index (κ2) is 6.06. The van der Waals surface area contributed by atoms with Crippen LogP contribution < -0.4 is 15.8 Å². The Morgan fingerprint density at radius 3 is 2.75 bits per heavy atom. The highest BCUT2D eigenvalue weighted by atomic mass is 19.1. The van der Waals surface area contributed by atoms with E-state index in [1.807, 2.05) is 0 Å². The minimum Gasteiger partial charge on any atom is -0.488 e. The van der Waals surface area contributed by atoms with Crippen LogP contribution in [0, 0.1) is 5.82 Å². The number of ether oxygens (including phenoxy) is 1. The number of nitrogens with one attached hydrogen (secondary N) is 1. The van der Waals surface area contributed by atoms with E-state index in [0.717, 1.165) is 0 Å². The van der Waals surface area contributed by atoms with Gasteiger partial charge in [0.05, 0.1) is 5.56 Å². The Morgan fingerprint density at radius 1 is 1.30 bits per heavy atom. The Kier molecular flexibility index (Phi) is 4.20. The molecule has 5 heteroatoms. The van der Waals surface area contributed by atoms with Gasteiger partial charge in [-0.05, 0) is 18.2 Å². The zero-order chi connectivity index (χ0) is 14.5. The Labute approximate surface area is 116 Å². The third-order valence-electron chi connectivity index (χ3n) is 2.82. The van der Waals surface area contributed by atoms with Crippen LogP contribution in [0.15, 0.2) is 42.5 Å². The van der Waals surface area contributed by atoms with E-state index in [2.05, 4.69) is 5.32 Å². The first kappa shape index (κ1) is 13.9. The van der Waals surface area contributed by atoms with Crippen molar-refractivity contribution in [1.29, 1.82) is 0 Å². The zero-order valence-corrected chi connectivity index (χ0v) is 11.0. The van der Waals surface area contributed by atoms with Crippen LogP contribution in [0.3, 0.4) is 0 Å². The van der Waals surface area contributed by atoms with Gasteiger partial charge in [0.25, 0.3) is 5.91 Å². The Balaban J connectivity index is 2.22. The van der Waals surface area contributed by atoms with E-state index in [-0.39, 0.29) is 18.3 Å². The molecule has 0 aromatic heterocycles. The quantitative estimate of drug-likeness (QED) is 0.841. The molecular weight excluding hydrogens is 259 g/mol. The van der Waals surface area contributed by atoms with Gasteiger partial charge in [-0.15, -0.1) is 0 Å². The predicted octanol–water partition coefficient (Wildman–Crippen LogP) is 2.35. The smallest absolute Gasteiger partial charge is 0.254 e. The van der Waals surface area contributed by atoms with Gasteiger partial charge in [-0.25, -0.2) is 4.39 Å². The highest BCUT2D eigenvalue weighted by Crippen LogP contribution is 2.23. The fourth-order valence-corrected chi connectivity index (χ4v) is 1.75. The summed E-state index contributed by atoms with van der Waals surface area (Å²) < 4.78 is 19.0. The molecule has 2 aromatic rings. The van der Waals surface area contributed by atoms with Crippen molar-refractivity contribution in [1.82, 2.24) is 5.32 Å². The number of amides is 1. The first-order chi connectivity index (χ1) is 9.61. The first-order valence-corrected chi connectivity index (χ1v) is 6.09. The normalized spacial score (nSPS) is 10.1. The van der Waals surface area contributed by atoms with E-state index in [1.165, 1.54) is 13.1 Å². The van der Waals surface area contributed by atoms with Crippen molar-refractivity contribution in [2.24, 2.45) is 0 Å². The van der Waals surface area contributed by atoms with Crippen LogP contribution in [0.4, 0.5) is 10.1 Å². The molecule has 0 atom stereocenters. The molecule has 0 aliphatic rings. The molecule has 3 N–H and O–H groups in total. The zero-order valence-electron chi connectivity index (χ0n) is 11.0. The van der Waals surface area contributed by atoms with Crippen LogP contribution in [-0.4, -0.2) is 13.0 Å². The molecule has 20 heavy (non-hydrogen) atoms. The summed E-state index contributed by atoms with van der Waals surface area (Å²) in [5.74, 6) is -0.306. The molecule has 4 nitrogen and oxygen atoms in total. The minimum atomic E-state index is -0.349. The van der Waals surface area contributed by atoms with Crippen molar-refractivity contribution in [2.75, 3.05) is 12.8 Å². The molecule has 0 heterocycles. The van der Waals surface area contributed by atoms with E-state index < -0.39 is 0 Å². The van der Waals surface area contributed by atoms with E-state index >= 15 is 0 Å². The third kappa shape index (κ3) is 3.06. The lowest BCUT2D eigenvalue weighted by Gasteiger charge is -2.12. The fraction of sp³-hybridized carbons (Fsp3) is 0.133. The highest BCUT2D eigenvalue weighted by Gasteiger charge is 2.12. The van der Waals surface area contributed by atoms with Crippen LogP contribution in [0.1, 0.15) is 15.9 Å². The largest absolute Gasteiger partial charge is 0.488 e. The molecule has 0 spiro atoms. The number of carbonyl (C=O) groups excluding carboxylic acids is 1. The van der Waals surface area contributed by atoms with Gasteiger partial charge in [-0.2, -0.15) is 0 Å². The highest BCUT2D eigenvalue weighted by molar-refractivity contribution is 5.97. The number of rotatable bonds is 4. The summed E-state index contributed by atoms with van der Waals surface area (Å²) in [6.07, 6.45) is 0. The van der Waals surface area contributed by atoms with E-state index in [0.29, 0.717) is 22.6 Å². The molecule has 0 radical (unpaired) electrons. The number of benzene rings is 2. The SMILES string of the molecule is CNC(=O)c1ccc(N)cc1OCc1ccccc1F. The van der Waals surface area contributed by atoms with Crippen molar-refractivity contribution in [3.05, 3.63) is 59.4 Å². The second-order valence-corrected chi connectivity index (χ2v) is 4.21. The Bertz CT molecular complexity index is 629. The predicted molar refractivity (Wildman–Crippen MR) is 75.0 cm³/mol. The maximum Gasteiger partial charge on any atom is 0.254 e. The minimum absolute atomic E-state index is 0.0279. The van der Waals surface area contributed by atoms with Gasteiger partial charge in [0, 0.05) is 24.4 Å². The number of anilines is 1. The van der Waals surface area contributed by atoms with Gasteiger partial charge in [0.15, 0.2) is 0 Å². The summed E-state index contributed by atoms with van der Waals surface area (Å²) in [6, 6.07) is 11.0. The van der Waals surface area contributed by atoms with Gasteiger partial charge < -0.3 is 15.8 Å². The molecule has 2 aromatic carbocycles. The molecule has 0 aliphatic heterocycles. The maximum atomic E-state index is 13.5. The van der Waals surface area contributed by atoms with Gasteiger partial charge in [-0.1, -0.05) is 18.2 Å². The molecule has 2 rings (SSSR count). The van der Waals surface area contributed by atoms with E-state index in [1.54, 1.807) is 36.4 Å². The van der Waals surface area contributed by atoms with Crippen molar-refractivity contribution < 1.29 is 13.9 Å². The summed E-state index contributed by atoms with van der Waals surface area (Å²) in [5, 5.41) is 2.52. The number of nitrogen functional groups attached to an aromatic ring is 1. The molecular formula is C15H15FN2O2. The van der Waals surface area contributed by atoms with Crippen LogP contribution in [-0.2, 0) is 6.61 Å². The summed E-state index contributed by atoms with van der Waals surface area (Å²) >= 11 is 0. The van der Waals surface area contributed by atoms with Crippen molar-refractivity contribution in [3.8, 4) is 5.75 Å². The van der Waals surface area contributed by atoms with Crippen LogP contribution in [0.5, 0.6) is 5.75 Å². The van der Waals surface area contributed by atoms with E-state index in [9.17, 15) is 9.18 Å². The standard InChI is InChI=1S/C15H15FN2O2/c1-18-15(19)12-7-6-11(17)8-14(12)20-9-10-4-2-3-5-13(10)16/h2-8H,9,17H2,1H3,(H,18,19). The number of hydrogen-bond donors (Lipinski definition) is 2. The average molecular weight is 274 g/mol. The molecule has 0 saturated heterocycles. The molecule has 0 bridgehead atoms. The molecule has 1 amide bonds. The molecule has 0 aliphatic carbocycles. The van der Waals surface area contributed by atoms with Crippen LogP contribution in [0.25, 0.3) is 0 Å². The van der Waals surface area contributed by atoms with Crippen molar-refractivity contribution >= 4 is 11.6 Å². The molecule has 0 unspecified atom stereocenters. The van der Waals surface area contributed by atoms with Gasteiger partial charge in [-0.3, -0.25) is 4.79 Å². The molecule has 0 fully saturated rings. The van der Waals surface area contributed by atoms with Crippen LogP contribution >= 0.6 is 0 Å². The summed E-state index contributed by atoms with van der Waals surface area (Å²) in [7, 11) is 1.53. The van der Waals surface area contributed by atoms with Crippen molar-refractivity contribution in [3.63, 3.8) is 0 Å². The lowest BCUT2D eigenvalue weighted by molar-refractivity contribution is 0.0958. The summed E-state index contributed by atoms with van der Waals surface area (Å²) in [6.45, 7) is 0.0279. The van der Waals surface area contributed by atoms with Crippen molar-refractivity contribution in [2.45, 2.75) is 6.61 Å². The number of halogens is 1. The average Bonchev–Trinajstić information content (AvgIpc) is 2.46. The monoisotopic (exact) mass is 274 g/mol. The summed E-state index contributed by atoms with van der Waals surface area (Å²) in [5.41, 5.74) is 6.93. The van der Waals surface area contributed by atoms with Gasteiger partial charge in [0.1, 0.15) is 18.2 Å². The van der Waals surface area contributed by atoms with E-state index in [4.69, 9.17) is 10.5 Å². The fourth-order valence-electron chi connectivity index (χ4n) is 1.75. The van der Waals surface area contributed by atoms with Gasteiger partial charge in [0.2, 0.25) is 0 Å².